The molecule has 0 spiro atoms. The van der Waals surface area contributed by atoms with Crippen molar-refractivity contribution in [3.63, 3.8) is 0 Å². The molecule has 0 bridgehead atoms. The van der Waals surface area contributed by atoms with E-state index in [4.69, 9.17) is 0 Å². The molecule has 0 saturated heterocycles. The first-order chi connectivity index (χ1) is 8.38. The van der Waals surface area contributed by atoms with Crippen LogP contribution in [0.2, 0.25) is 0 Å². The van der Waals surface area contributed by atoms with Gasteiger partial charge >= 0.3 is 0 Å². The summed E-state index contributed by atoms with van der Waals surface area (Å²) in [6.45, 7) is 5.33. The summed E-state index contributed by atoms with van der Waals surface area (Å²) in [7, 11) is 0. The molecular weight excluding hydrogens is 242 g/mol. The predicted molar refractivity (Wildman–Crippen MR) is 72.7 cm³/mol. The summed E-state index contributed by atoms with van der Waals surface area (Å²) < 4.78 is 0. The normalized spacial score (nSPS) is 10.1. The number of hydrogen-bond donors (Lipinski definition) is 0. The molecule has 0 N–H and O–H groups in total. The lowest BCUT2D eigenvalue weighted by Crippen LogP contribution is -3.00. The molecule has 96 valence electrons. The van der Waals surface area contributed by atoms with Crippen molar-refractivity contribution in [3.05, 3.63) is 71.8 Å². The molecule has 2 aromatic carbocycles. The van der Waals surface area contributed by atoms with Gasteiger partial charge in [-0.3, -0.25) is 4.90 Å². The molecule has 0 aromatic heterocycles. The Hall–Kier alpha value is -1.31. The third kappa shape index (κ3) is 4.52. The molecular formula is C16H19ClN-. The van der Waals surface area contributed by atoms with Crippen molar-refractivity contribution in [3.8, 4) is 0 Å². The number of halogens is 1. The van der Waals surface area contributed by atoms with Crippen LogP contribution in [0.5, 0.6) is 0 Å². The van der Waals surface area contributed by atoms with E-state index in [1.54, 1.807) is 0 Å². The highest BCUT2D eigenvalue weighted by Gasteiger charge is 2.03. The molecule has 18 heavy (non-hydrogen) atoms. The van der Waals surface area contributed by atoms with Gasteiger partial charge in [0.15, 0.2) is 0 Å². The molecule has 0 heterocycles. The van der Waals surface area contributed by atoms with Gasteiger partial charge in [0.1, 0.15) is 0 Å². The molecule has 0 aliphatic heterocycles. The van der Waals surface area contributed by atoms with Gasteiger partial charge < -0.3 is 12.4 Å². The van der Waals surface area contributed by atoms with Gasteiger partial charge in [0.25, 0.3) is 0 Å². The van der Waals surface area contributed by atoms with Gasteiger partial charge in [0.2, 0.25) is 0 Å². The van der Waals surface area contributed by atoms with Gasteiger partial charge in [-0.1, -0.05) is 67.6 Å². The summed E-state index contributed by atoms with van der Waals surface area (Å²) in [6, 6.07) is 21.3. The van der Waals surface area contributed by atoms with E-state index >= 15 is 0 Å². The SMILES string of the molecule is CCN(Cc1ccccc1)Cc1ccccc1.[Cl-]. The predicted octanol–water partition coefficient (Wildman–Crippen LogP) is 0.713. The number of nitrogens with zero attached hydrogens (tertiary/aromatic N) is 1. The first-order valence-electron chi connectivity index (χ1n) is 6.18. The standard InChI is InChI=1S/C16H19N.ClH/c1-2-17(13-15-9-5-3-6-10-15)14-16-11-7-4-8-12-16;/h3-12H,2,13-14H2,1H3;1H/p-1. The number of hydrogen-bond acceptors (Lipinski definition) is 1. The molecule has 2 heteroatoms. The number of benzene rings is 2. The van der Waals surface area contributed by atoms with Crippen LogP contribution in [0.3, 0.4) is 0 Å². The zero-order valence-electron chi connectivity index (χ0n) is 10.7. The van der Waals surface area contributed by atoms with Gasteiger partial charge in [-0.05, 0) is 17.7 Å². The van der Waals surface area contributed by atoms with E-state index in [0.717, 1.165) is 19.6 Å². The van der Waals surface area contributed by atoms with Crippen molar-refractivity contribution in [2.75, 3.05) is 6.54 Å². The molecule has 0 amide bonds. The highest BCUT2D eigenvalue weighted by atomic mass is 35.5. The third-order valence-electron chi connectivity index (χ3n) is 2.95. The van der Waals surface area contributed by atoms with E-state index in [-0.39, 0.29) is 12.4 Å². The highest BCUT2D eigenvalue weighted by Crippen LogP contribution is 2.09. The van der Waals surface area contributed by atoms with Gasteiger partial charge in [0, 0.05) is 13.1 Å². The molecule has 1 nitrogen and oxygen atoms in total. The van der Waals surface area contributed by atoms with Crippen LogP contribution >= 0.6 is 0 Å². The molecule has 2 rings (SSSR count). The van der Waals surface area contributed by atoms with E-state index < -0.39 is 0 Å². The zero-order valence-corrected chi connectivity index (χ0v) is 11.5. The minimum absolute atomic E-state index is 0. The lowest BCUT2D eigenvalue weighted by Gasteiger charge is -2.20. The van der Waals surface area contributed by atoms with Gasteiger partial charge in [-0.2, -0.15) is 0 Å². The van der Waals surface area contributed by atoms with Crippen LogP contribution in [-0.4, -0.2) is 11.4 Å². The average molecular weight is 261 g/mol. The molecule has 0 aliphatic carbocycles. The minimum Gasteiger partial charge on any atom is -1.00 e. The first-order valence-corrected chi connectivity index (χ1v) is 6.18. The van der Waals surface area contributed by atoms with Crippen LogP contribution in [0, 0.1) is 0 Å². The summed E-state index contributed by atoms with van der Waals surface area (Å²) in [5.74, 6) is 0. The van der Waals surface area contributed by atoms with Crippen LogP contribution < -0.4 is 12.4 Å². The molecule has 2 aromatic rings. The molecule has 0 aliphatic rings. The topological polar surface area (TPSA) is 3.24 Å². The monoisotopic (exact) mass is 260 g/mol. The van der Waals surface area contributed by atoms with Crippen molar-refractivity contribution >= 4 is 0 Å². The smallest absolute Gasteiger partial charge is 0.0237 e. The Kier molecular flexibility index (Phi) is 6.48. The third-order valence-corrected chi connectivity index (χ3v) is 2.95. The molecule has 0 unspecified atom stereocenters. The lowest BCUT2D eigenvalue weighted by molar-refractivity contribution is -0.00000354. The Balaban J connectivity index is 0.00000162. The molecule has 0 saturated carbocycles. The Morgan fingerprint density at radius 2 is 1.11 bits per heavy atom. The van der Waals surface area contributed by atoms with Crippen LogP contribution in [0.4, 0.5) is 0 Å². The summed E-state index contributed by atoms with van der Waals surface area (Å²) >= 11 is 0. The Morgan fingerprint density at radius 3 is 1.44 bits per heavy atom. The van der Waals surface area contributed by atoms with Gasteiger partial charge in [-0.15, -0.1) is 0 Å². The van der Waals surface area contributed by atoms with Crippen LogP contribution in [0.25, 0.3) is 0 Å². The maximum Gasteiger partial charge on any atom is 0.0237 e. The molecule has 0 atom stereocenters. The summed E-state index contributed by atoms with van der Waals surface area (Å²) in [5.41, 5.74) is 2.76. The maximum atomic E-state index is 2.45. The van der Waals surface area contributed by atoms with E-state index in [1.165, 1.54) is 11.1 Å². The minimum atomic E-state index is 0. The number of rotatable bonds is 5. The fourth-order valence-corrected chi connectivity index (χ4v) is 1.96. The van der Waals surface area contributed by atoms with E-state index in [1.807, 2.05) is 0 Å². The van der Waals surface area contributed by atoms with E-state index in [2.05, 4.69) is 72.5 Å². The molecule has 0 radical (unpaired) electrons. The van der Waals surface area contributed by atoms with Crippen LogP contribution in [-0.2, 0) is 13.1 Å². The van der Waals surface area contributed by atoms with Gasteiger partial charge in [-0.25, -0.2) is 0 Å². The van der Waals surface area contributed by atoms with Crippen molar-refractivity contribution < 1.29 is 12.4 Å². The summed E-state index contributed by atoms with van der Waals surface area (Å²) in [5, 5.41) is 0. The van der Waals surface area contributed by atoms with E-state index in [0.29, 0.717) is 0 Å². The fourth-order valence-electron chi connectivity index (χ4n) is 1.96. The Morgan fingerprint density at radius 1 is 0.722 bits per heavy atom. The Labute approximate surface area is 116 Å². The summed E-state index contributed by atoms with van der Waals surface area (Å²) in [6.07, 6.45) is 0. The molecule has 0 fully saturated rings. The summed E-state index contributed by atoms with van der Waals surface area (Å²) in [4.78, 5) is 2.45. The van der Waals surface area contributed by atoms with Gasteiger partial charge in [0.05, 0.1) is 0 Å². The first kappa shape index (κ1) is 14.7. The Bertz CT molecular complexity index is 386. The quantitative estimate of drug-likeness (QED) is 0.766. The average Bonchev–Trinajstić information content (AvgIpc) is 2.40. The lowest BCUT2D eigenvalue weighted by atomic mass is 10.2. The maximum absolute atomic E-state index is 2.45. The largest absolute Gasteiger partial charge is 1.00 e. The fraction of sp³-hybridized carbons (Fsp3) is 0.250. The van der Waals surface area contributed by atoms with Crippen LogP contribution in [0.1, 0.15) is 18.1 Å². The second kappa shape index (κ2) is 7.91. The second-order valence-corrected chi connectivity index (χ2v) is 4.27. The highest BCUT2D eigenvalue weighted by molar-refractivity contribution is 5.16. The van der Waals surface area contributed by atoms with Crippen LogP contribution in [0.15, 0.2) is 60.7 Å². The van der Waals surface area contributed by atoms with Crippen molar-refractivity contribution in [1.82, 2.24) is 4.90 Å². The van der Waals surface area contributed by atoms with Crippen molar-refractivity contribution in [2.24, 2.45) is 0 Å². The van der Waals surface area contributed by atoms with Crippen molar-refractivity contribution in [1.29, 1.82) is 0 Å². The van der Waals surface area contributed by atoms with Crippen molar-refractivity contribution in [2.45, 2.75) is 20.0 Å². The van der Waals surface area contributed by atoms with E-state index in [9.17, 15) is 0 Å². The second-order valence-electron chi connectivity index (χ2n) is 4.27. The zero-order chi connectivity index (χ0) is 11.9.